The molecule has 1 amide bonds. The van der Waals surface area contributed by atoms with Crippen LogP contribution in [0.3, 0.4) is 0 Å². The van der Waals surface area contributed by atoms with E-state index in [1.165, 1.54) is 22.2 Å². The van der Waals surface area contributed by atoms with E-state index in [-0.39, 0.29) is 5.91 Å². The van der Waals surface area contributed by atoms with E-state index in [9.17, 15) is 4.79 Å². The summed E-state index contributed by atoms with van der Waals surface area (Å²) in [5.74, 6) is 0.521. The molecule has 0 aliphatic heterocycles. The molecule has 2 rings (SSSR count). The fourth-order valence-electron chi connectivity index (χ4n) is 1.68. The van der Waals surface area contributed by atoms with Gasteiger partial charge in [-0.05, 0) is 36.1 Å². The molecular weight excluding hydrogens is 310 g/mol. The van der Waals surface area contributed by atoms with Crippen LogP contribution in [0.1, 0.15) is 10.4 Å². The Bertz CT molecular complexity index is 597. The van der Waals surface area contributed by atoms with Crippen molar-refractivity contribution in [1.29, 1.82) is 0 Å². The molecule has 0 saturated heterocycles. The van der Waals surface area contributed by atoms with Crippen molar-refractivity contribution >= 4 is 40.6 Å². The van der Waals surface area contributed by atoms with Crippen LogP contribution in [0.5, 0.6) is 0 Å². The lowest BCUT2D eigenvalue weighted by Crippen LogP contribution is -2.27. The van der Waals surface area contributed by atoms with Crippen molar-refractivity contribution in [2.24, 2.45) is 0 Å². The molecule has 20 heavy (non-hydrogen) atoms. The highest BCUT2D eigenvalue weighted by Gasteiger charge is 2.12. The minimum absolute atomic E-state index is 0.114. The molecule has 2 aromatic rings. The molecule has 0 aliphatic carbocycles. The predicted octanol–water partition coefficient (Wildman–Crippen LogP) is 4.46. The second-order valence-corrected chi connectivity index (χ2v) is 6.92. The molecule has 0 radical (unpaired) electrons. The van der Waals surface area contributed by atoms with Crippen molar-refractivity contribution in [1.82, 2.24) is 4.90 Å². The Morgan fingerprint density at radius 3 is 2.75 bits per heavy atom. The molecule has 5 heteroatoms. The Morgan fingerprint density at radius 2 is 2.10 bits per heavy atom. The van der Waals surface area contributed by atoms with Crippen LogP contribution in [-0.2, 0) is 11.3 Å². The molecule has 2 nitrogen and oxygen atoms in total. The molecular formula is C15H16ClNOS2. The van der Waals surface area contributed by atoms with E-state index in [4.69, 9.17) is 11.6 Å². The van der Waals surface area contributed by atoms with Crippen molar-refractivity contribution in [3.8, 4) is 0 Å². The number of amides is 1. The first-order valence-electron chi connectivity index (χ1n) is 6.22. The summed E-state index contributed by atoms with van der Waals surface area (Å²) in [6, 6.07) is 9.67. The Balaban J connectivity index is 1.89. The average molecular weight is 326 g/mol. The van der Waals surface area contributed by atoms with Crippen molar-refractivity contribution in [2.45, 2.75) is 18.4 Å². The number of nitrogens with zero attached hydrogens (tertiary/aromatic N) is 1. The van der Waals surface area contributed by atoms with Gasteiger partial charge in [-0.3, -0.25) is 4.79 Å². The third-order valence-corrected chi connectivity index (χ3v) is 5.47. The normalized spacial score (nSPS) is 10.6. The van der Waals surface area contributed by atoms with Gasteiger partial charge >= 0.3 is 0 Å². The zero-order chi connectivity index (χ0) is 14.5. The molecule has 0 bridgehead atoms. The molecule has 1 aromatic heterocycles. The minimum Gasteiger partial charge on any atom is -0.340 e. The van der Waals surface area contributed by atoms with Gasteiger partial charge in [0.15, 0.2) is 0 Å². The number of aryl methyl sites for hydroxylation is 1. The molecule has 1 heterocycles. The van der Waals surface area contributed by atoms with Gasteiger partial charge in [-0.1, -0.05) is 23.7 Å². The van der Waals surface area contributed by atoms with Crippen molar-refractivity contribution in [3.05, 3.63) is 51.2 Å². The van der Waals surface area contributed by atoms with E-state index in [0.29, 0.717) is 17.3 Å². The van der Waals surface area contributed by atoms with Gasteiger partial charge in [0, 0.05) is 16.8 Å². The Kier molecular flexibility index (Phi) is 5.52. The van der Waals surface area contributed by atoms with Gasteiger partial charge in [0.2, 0.25) is 5.91 Å². The van der Waals surface area contributed by atoms with Gasteiger partial charge in [0.25, 0.3) is 0 Å². The van der Waals surface area contributed by atoms with Gasteiger partial charge < -0.3 is 4.90 Å². The molecule has 0 saturated carbocycles. The van der Waals surface area contributed by atoms with Crippen molar-refractivity contribution in [2.75, 3.05) is 12.8 Å². The standard InChI is InChI=1S/C15H16ClNOS2/c1-11-7-8-19-14(11)9-17(2)15(18)10-20-13-6-4-3-5-12(13)16/h3-8H,9-10H2,1-2H3. The molecule has 0 unspecified atom stereocenters. The van der Waals surface area contributed by atoms with Gasteiger partial charge in [-0.2, -0.15) is 0 Å². The first-order chi connectivity index (χ1) is 9.58. The second-order valence-electron chi connectivity index (χ2n) is 4.50. The summed E-state index contributed by atoms with van der Waals surface area (Å²) in [6.07, 6.45) is 0. The largest absolute Gasteiger partial charge is 0.340 e. The van der Waals surface area contributed by atoms with Crippen LogP contribution in [0.4, 0.5) is 0 Å². The smallest absolute Gasteiger partial charge is 0.233 e. The maximum atomic E-state index is 12.1. The van der Waals surface area contributed by atoms with Crippen LogP contribution in [0, 0.1) is 6.92 Å². The van der Waals surface area contributed by atoms with E-state index < -0.39 is 0 Å². The Morgan fingerprint density at radius 1 is 1.35 bits per heavy atom. The highest BCUT2D eigenvalue weighted by Crippen LogP contribution is 2.27. The van der Waals surface area contributed by atoms with Crippen LogP contribution < -0.4 is 0 Å². The zero-order valence-corrected chi connectivity index (χ0v) is 13.8. The molecule has 0 N–H and O–H groups in total. The second kappa shape index (κ2) is 7.16. The summed E-state index contributed by atoms with van der Waals surface area (Å²) in [5, 5.41) is 2.75. The number of carbonyl (C=O) groups is 1. The highest BCUT2D eigenvalue weighted by molar-refractivity contribution is 8.00. The number of halogens is 1. The van der Waals surface area contributed by atoms with E-state index >= 15 is 0 Å². The third kappa shape index (κ3) is 4.01. The van der Waals surface area contributed by atoms with Crippen LogP contribution in [0.15, 0.2) is 40.6 Å². The first kappa shape index (κ1) is 15.4. The van der Waals surface area contributed by atoms with Crippen molar-refractivity contribution < 1.29 is 4.79 Å². The molecule has 0 atom stereocenters. The fraction of sp³-hybridized carbons (Fsp3) is 0.267. The summed E-state index contributed by atoms with van der Waals surface area (Å²) in [4.78, 5) is 16.1. The molecule has 0 fully saturated rings. The van der Waals surface area contributed by atoms with Crippen LogP contribution in [-0.4, -0.2) is 23.6 Å². The zero-order valence-electron chi connectivity index (χ0n) is 11.4. The molecule has 106 valence electrons. The number of benzene rings is 1. The summed E-state index contributed by atoms with van der Waals surface area (Å²) >= 11 is 9.25. The fourth-order valence-corrected chi connectivity index (χ4v) is 3.82. The summed E-state index contributed by atoms with van der Waals surface area (Å²) in [7, 11) is 1.84. The molecule has 1 aromatic carbocycles. The van der Waals surface area contributed by atoms with Gasteiger partial charge in [-0.15, -0.1) is 23.1 Å². The van der Waals surface area contributed by atoms with Gasteiger partial charge in [-0.25, -0.2) is 0 Å². The van der Waals surface area contributed by atoms with Crippen LogP contribution in [0.25, 0.3) is 0 Å². The lowest BCUT2D eigenvalue weighted by molar-refractivity contribution is -0.127. The summed E-state index contributed by atoms with van der Waals surface area (Å²) in [5.41, 5.74) is 1.24. The molecule has 0 aliphatic rings. The number of hydrogen-bond donors (Lipinski definition) is 0. The summed E-state index contributed by atoms with van der Waals surface area (Å²) in [6.45, 7) is 2.74. The number of thiophene rings is 1. The topological polar surface area (TPSA) is 20.3 Å². The van der Waals surface area contributed by atoms with E-state index in [1.54, 1.807) is 16.2 Å². The predicted molar refractivity (Wildman–Crippen MR) is 87.7 cm³/mol. The quantitative estimate of drug-likeness (QED) is 0.756. The number of thioether (sulfide) groups is 1. The highest BCUT2D eigenvalue weighted by atomic mass is 35.5. The van der Waals surface area contributed by atoms with E-state index in [2.05, 4.69) is 18.4 Å². The Hall–Kier alpha value is -0.970. The summed E-state index contributed by atoms with van der Waals surface area (Å²) < 4.78 is 0. The van der Waals surface area contributed by atoms with Gasteiger partial charge in [0.05, 0.1) is 17.3 Å². The van der Waals surface area contributed by atoms with Crippen LogP contribution in [0.2, 0.25) is 5.02 Å². The maximum absolute atomic E-state index is 12.1. The number of carbonyl (C=O) groups excluding carboxylic acids is 1. The monoisotopic (exact) mass is 325 g/mol. The SMILES string of the molecule is Cc1ccsc1CN(C)C(=O)CSc1ccccc1Cl. The number of rotatable bonds is 5. The minimum atomic E-state index is 0.114. The maximum Gasteiger partial charge on any atom is 0.233 e. The average Bonchev–Trinajstić information content (AvgIpc) is 2.83. The van der Waals surface area contributed by atoms with Gasteiger partial charge in [0.1, 0.15) is 0 Å². The van der Waals surface area contributed by atoms with E-state index in [0.717, 1.165) is 4.90 Å². The first-order valence-corrected chi connectivity index (χ1v) is 8.46. The molecule has 0 spiro atoms. The van der Waals surface area contributed by atoms with E-state index in [1.807, 2.05) is 31.3 Å². The van der Waals surface area contributed by atoms with Crippen molar-refractivity contribution in [3.63, 3.8) is 0 Å². The third-order valence-electron chi connectivity index (χ3n) is 2.96. The Labute approximate surface area is 132 Å². The van der Waals surface area contributed by atoms with Crippen LogP contribution >= 0.6 is 34.7 Å². The lowest BCUT2D eigenvalue weighted by atomic mass is 10.3. The number of hydrogen-bond acceptors (Lipinski definition) is 3. The lowest BCUT2D eigenvalue weighted by Gasteiger charge is -2.16.